The van der Waals surface area contributed by atoms with Gasteiger partial charge in [-0.15, -0.1) is 11.8 Å². The summed E-state index contributed by atoms with van der Waals surface area (Å²) < 4.78 is 7.96. The third kappa shape index (κ3) is 2.42. The Bertz CT molecular complexity index is 458. The van der Waals surface area contributed by atoms with E-state index in [2.05, 4.69) is 14.1 Å². The molecule has 15 heavy (non-hydrogen) atoms. The lowest BCUT2D eigenvalue weighted by atomic mass is 10.3. The summed E-state index contributed by atoms with van der Waals surface area (Å²) in [6.45, 7) is 0. The predicted octanol–water partition coefficient (Wildman–Crippen LogP) is 3.66. The lowest BCUT2D eigenvalue weighted by Crippen LogP contribution is -1.92. The Morgan fingerprint density at radius 3 is 2.80 bits per heavy atom. The van der Waals surface area contributed by atoms with Gasteiger partial charge in [-0.1, -0.05) is 23.7 Å². The Labute approximate surface area is 101 Å². The van der Waals surface area contributed by atoms with Crippen molar-refractivity contribution in [2.24, 2.45) is 0 Å². The number of para-hydroxylation sites is 1. The summed E-state index contributed by atoms with van der Waals surface area (Å²) in [6, 6.07) is 8.00. The molecule has 0 aliphatic rings. The Hall–Kier alpha value is -0.780. The van der Waals surface area contributed by atoms with Crippen LogP contribution in [0.1, 0.15) is 0 Å². The van der Waals surface area contributed by atoms with Gasteiger partial charge in [-0.2, -0.15) is 8.75 Å². The minimum absolute atomic E-state index is 0.413. The summed E-state index contributed by atoms with van der Waals surface area (Å²) in [6.07, 6.45) is 2.03. The standard InChI is InChI=1S/C9H8ClN3S2/c1-14-7-5-3-2-4-6(7)11-9-8(10)12-15-13-9/h2-5H,1H3,(H,11,13). The van der Waals surface area contributed by atoms with Crippen molar-refractivity contribution < 1.29 is 0 Å². The fraction of sp³-hybridized carbons (Fsp3) is 0.111. The molecule has 1 N–H and O–H groups in total. The number of thioether (sulfide) groups is 1. The van der Waals surface area contributed by atoms with Crippen LogP contribution in [-0.2, 0) is 0 Å². The van der Waals surface area contributed by atoms with Crippen LogP contribution in [0.25, 0.3) is 0 Å². The van der Waals surface area contributed by atoms with E-state index in [4.69, 9.17) is 11.6 Å². The lowest BCUT2D eigenvalue weighted by molar-refractivity contribution is 1.38. The molecule has 0 unspecified atom stereocenters. The topological polar surface area (TPSA) is 37.8 Å². The molecule has 0 saturated heterocycles. The third-order valence-electron chi connectivity index (χ3n) is 1.81. The molecule has 2 rings (SSSR count). The van der Waals surface area contributed by atoms with Crippen LogP contribution in [0.2, 0.25) is 5.15 Å². The summed E-state index contributed by atoms with van der Waals surface area (Å²) in [5.74, 6) is 0.614. The van der Waals surface area contributed by atoms with Crippen LogP contribution in [0.4, 0.5) is 11.5 Å². The molecule has 0 spiro atoms. The average molecular weight is 258 g/mol. The van der Waals surface area contributed by atoms with Gasteiger partial charge >= 0.3 is 0 Å². The van der Waals surface area contributed by atoms with Gasteiger partial charge in [0, 0.05) is 4.90 Å². The van der Waals surface area contributed by atoms with Crippen molar-refractivity contribution in [3.8, 4) is 0 Å². The number of halogens is 1. The van der Waals surface area contributed by atoms with Gasteiger partial charge in [-0.25, -0.2) is 0 Å². The van der Waals surface area contributed by atoms with Crippen molar-refractivity contribution in [1.29, 1.82) is 0 Å². The molecule has 1 heterocycles. The third-order valence-corrected chi connectivity index (χ3v) is 3.50. The fourth-order valence-electron chi connectivity index (χ4n) is 1.13. The molecule has 1 aromatic heterocycles. The smallest absolute Gasteiger partial charge is 0.187 e. The van der Waals surface area contributed by atoms with E-state index in [-0.39, 0.29) is 0 Å². The van der Waals surface area contributed by atoms with Crippen molar-refractivity contribution in [1.82, 2.24) is 8.75 Å². The van der Waals surface area contributed by atoms with Crippen LogP contribution in [-0.4, -0.2) is 15.0 Å². The maximum atomic E-state index is 5.85. The Morgan fingerprint density at radius 1 is 1.33 bits per heavy atom. The van der Waals surface area contributed by atoms with E-state index in [1.165, 1.54) is 0 Å². The van der Waals surface area contributed by atoms with Crippen molar-refractivity contribution in [2.45, 2.75) is 4.90 Å². The van der Waals surface area contributed by atoms with Crippen LogP contribution < -0.4 is 5.32 Å². The minimum atomic E-state index is 0.413. The Balaban J connectivity index is 2.28. The second kappa shape index (κ2) is 4.83. The van der Waals surface area contributed by atoms with Crippen LogP contribution in [0, 0.1) is 0 Å². The quantitative estimate of drug-likeness (QED) is 0.852. The Kier molecular flexibility index (Phi) is 3.45. The van der Waals surface area contributed by atoms with Crippen LogP contribution in [0.15, 0.2) is 29.2 Å². The van der Waals surface area contributed by atoms with Crippen molar-refractivity contribution in [2.75, 3.05) is 11.6 Å². The summed E-state index contributed by atoms with van der Waals surface area (Å²) >= 11 is 8.62. The molecular weight excluding hydrogens is 250 g/mol. The fourth-order valence-corrected chi connectivity index (χ4v) is 2.33. The molecule has 6 heteroatoms. The molecule has 0 radical (unpaired) electrons. The number of hydrogen-bond acceptors (Lipinski definition) is 5. The SMILES string of the molecule is CSc1ccccc1Nc1nsnc1Cl. The van der Waals surface area contributed by atoms with Gasteiger partial charge in [0.1, 0.15) is 0 Å². The van der Waals surface area contributed by atoms with Gasteiger partial charge in [0.2, 0.25) is 0 Å². The molecule has 0 aliphatic carbocycles. The first kappa shape index (κ1) is 10.7. The average Bonchev–Trinajstić information content (AvgIpc) is 2.65. The van der Waals surface area contributed by atoms with E-state index in [0.717, 1.165) is 22.3 Å². The van der Waals surface area contributed by atoms with Crippen molar-refractivity contribution in [3.63, 3.8) is 0 Å². The van der Waals surface area contributed by atoms with Gasteiger partial charge in [0.25, 0.3) is 0 Å². The van der Waals surface area contributed by atoms with E-state index in [0.29, 0.717) is 11.0 Å². The van der Waals surface area contributed by atoms with Crippen LogP contribution in [0.3, 0.4) is 0 Å². The molecule has 0 fully saturated rings. The second-order valence-corrected chi connectivity index (χ2v) is 4.46. The highest BCUT2D eigenvalue weighted by Crippen LogP contribution is 2.29. The first-order valence-corrected chi connectivity index (χ1v) is 6.52. The monoisotopic (exact) mass is 257 g/mol. The zero-order chi connectivity index (χ0) is 10.7. The molecule has 0 saturated carbocycles. The molecule has 3 nitrogen and oxygen atoms in total. The van der Waals surface area contributed by atoms with Gasteiger partial charge in [0.15, 0.2) is 11.0 Å². The summed E-state index contributed by atoms with van der Waals surface area (Å²) in [4.78, 5) is 1.15. The number of nitrogens with zero attached hydrogens (tertiary/aromatic N) is 2. The minimum Gasteiger partial charge on any atom is -0.336 e. The first-order chi connectivity index (χ1) is 7.31. The predicted molar refractivity (Wildman–Crippen MR) is 66.4 cm³/mol. The molecule has 78 valence electrons. The molecule has 0 atom stereocenters. The number of aromatic nitrogens is 2. The number of anilines is 2. The molecule has 1 aromatic carbocycles. The van der Waals surface area contributed by atoms with Crippen molar-refractivity contribution >= 4 is 46.6 Å². The second-order valence-electron chi connectivity index (χ2n) is 2.73. The molecular formula is C9H8ClN3S2. The number of rotatable bonds is 3. The van der Waals surface area contributed by atoms with Gasteiger partial charge in [0.05, 0.1) is 17.4 Å². The first-order valence-electron chi connectivity index (χ1n) is 4.19. The molecule has 2 aromatic rings. The number of benzene rings is 1. The van der Waals surface area contributed by atoms with E-state index < -0.39 is 0 Å². The largest absolute Gasteiger partial charge is 0.336 e. The molecule has 0 aliphatic heterocycles. The summed E-state index contributed by atoms with van der Waals surface area (Å²) in [5.41, 5.74) is 1.000. The van der Waals surface area contributed by atoms with Crippen molar-refractivity contribution in [3.05, 3.63) is 29.4 Å². The van der Waals surface area contributed by atoms with E-state index in [1.807, 2.05) is 30.5 Å². The zero-order valence-electron chi connectivity index (χ0n) is 7.90. The highest BCUT2D eigenvalue weighted by Gasteiger charge is 2.07. The lowest BCUT2D eigenvalue weighted by Gasteiger charge is -2.07. The van der Waals surface area contributed by atoms with E-state index in [1.54, 1.807) is 11.8 Å². The van der Waals surface area contributed by atoms with Crippen LogP contribution >= 0.6 is 35.1 Å². The zero-order valence-corrected chi connectivity index (χ0v) is 10.3. The highest BCUT2D eigenvalue weighted by atomic mass is 35.5. The van der Waals surface area contributed by atoms with E-state index in [9.17, 15) is 0 Å². The Morgan fingerprint density at radius 2 is 2.13 bits per heavy atom. The summed E-state index contributed by atoms with van der Waals surface area (Å²) in [5, 5.41) is 3.57. The normalized spacial score (nSPS) is 10.3. The maximum Gasteiger partial charge on any atom is 0.187 e. The van der Waals surface area contributed by atoms with Gasteiger partial charge in [-0.05, 0) is 18.4 Å². The van der Waals surface area contributed by atoms with Gasteiger partial charge < -0.3 is 5.32 Å². The van der Waals surface area contributed by atoms with Crippen LogP contribution in [0.5, 0.6) is 0 Å². The van der Waals surface area contributed by atoms with Gasteiger partial charge in [-0.3, -0.25) is 0 Å². The highest BCUT2D eigenvalue weighted by molar-refractivity contribution is 7.98. The maximum absolute atomic E-state index is 5.85. The number of nitrogens with one attached hydrogen (secondary N) is 1. The number of hydrogen-bond donors (Lipinski definition) is 1. The molecule has 0 bridgehead atoms. The molecule has 0 amide bonds. The summed E-state index contributed by atoms with van der Waals surface area (Å²) in [7, 11) is 0. The van der Waals surface area contributed by atoms with E-state index >= 15 is 0 Å².